The summed E-state index contributed by atoms with van der Waals surface area (Å²) in [5.74, 6) is 0.136. The number of anilines is 1. The van der Waals surface area contributed by atoms with Gasteiger partial charge >= 0.3 is 0 Å². The highest BCUT2D eigenvalue weighted by molar-refractivity contribution is 7.89. The van der Waals surface area contributed by atoms with Crippen LogP contribution in [0.5, 0.6) is 5.75 Å². The molecule has 0 bridgehead atoms. The van der Waals surface area contributed by atoms with Gasteiger partial charge in [0.2, 0.25) is 10.0 Å². The maximum absolute atomic E-state index is 13.3. The van der Waals surface area contributed by atoms with Crippen molar-refractivity contribution in [2.24, 2.45) is 0 Å². The van der Waals surface area contributed by atoms with Crippen LogP contribution in [0, 0.1) is 0 Å². The molecule has 0 spiro atoms. The molecule has 1 aliphatic rings. The highest BCUT2D eigenvalue weighted by Crippen LogP contribution is 2.41. The topological polar surface area (TPSA) is 108 Å². The van der Waals surface area contributed by atoms with Crippen LogP contribution >= 0.6 is 0 Å². The lowest BCUT2D eigenvalue weighted by molar-refractivity contribution is -0.0603. The van der Waals surface area contributed by atoms with Crippen LogP contribution in [0.15, 0.2) is 77.7 Å². The summed E-state index contributed by atoms with van der Waals surface area (Å²) in [4.78, 5) is 15.2. The summed E-state index contributed by atoms with van der Waals surface area (Å²) in [5, 5.41) is 14.1. The minimum absolute atomic E-state index is 0.104. The molecule has 3 aromatic carbocycles. The van der Waals surface area contributed by atoms with E-state index in [1.807, 2.05) is 44.3 Å². The summed E-state index contributed by atoms with van der Waals surface area (Å²) in [6, 6.07) is 20.5. The maximum atomic E-state index is 13.3. The Bertz CT molecular complexity index is 1390. The molecule has 4 rings (SSSR count). The monoisotopic (exact) mass is 551 g/mol. The van der Waals surface area contributed by atoms with Crippen molar-refractivity contribution in [2.45, 2.75) is 56.3 Å². The van der Waals surface area contributed by atoms with Crippen LogP contribution in [0.2, 0.25) is 0 Å². The Kier molecular flexibility index (Phi) is 8.64. The lowest BCUT2D eigenvalue weighted by Gasteiger charge is -2.42. The molecule has 8 nitrogen and oxygen atoms in total. The summed E-state index contributed by atoms with van der Waals surface area (Å²) in [5.41, 5.74) is 1.84. The number of hydrogen-bond acceptors (Lipinski definition) is 6. The van der Waals surface area contributed by atoms with Gasteiger partial charge in [-0.15, -0.1) is 0 Å². The molecule has 0 fully saturated rings. The van der Waals surface area contributed by atoms with E-state index in [0.717, 1.165) is 30.6 Å². The largest absolute Gasteiger partial charge is 0.485 e. The van der Waals surface area contributed by atoms with Crippen LogP contribution in [0.1, 0.15) is 54.7 Å². The second-order valence-corrected chi connectivity index (χ2v) is 12.1. The van der Waals surface area contributed by atoms with Gasteiger partial charge in [-0.05, 0) is 74.7 Å². The zero-order valence-electron chi connectivity index (χ0n) is 22.8. The summed E-state index contributed by atoms with van der Waals surface area (Å²) in [6.07, 6.45) is 0.349. The fourth-order valence-corrected chi connectivity index (χ4v) is 5.86. The van der Waals surface area contributed by atoms with Crippen LogP contribution in [0.25, 0.3) is 0 Å². The Morgan fingerprint density at radius 3 is 2.41 bits per heavy atom. The molecule has 39 heavy (non-hydrogen) atoms. The second-order valence-electron chi connectivity index (χ2n) is 10.4. The molecule has 2 atom stereocenters. The smallest absolute Gasteiger partial charge is 0.251 e. The Hall–Kier alpha value is -3.40. The summed E-state index contributed by atoms with van der Waals surface area (Å²) in [6.45, 7) is 6.64. The molecule has 3 aromatic rings. The molecule has 1 heterocycles. The van der Waals surface area contributed by atoms with Crippen LogP contribution in [0.3, 0.4) is 0 Å². The standard InChI is InChI=1S/C30H37N3O5S/c1-5-21-12-15-24(16-13-21)39(36,37)32-27-25-20-22(14-17-26(25)38-30(2,3)28(27)34)29(35)31-18-9-19-33(4)23-10-7-6-8-11-23/h6-8,10-17,20,27-28,32,34H,5,9,18-19H2,1-4H3,(H,31,35)/t27-,28+/m1/s1. The maximum Gasteiger partial charge on any atom is 0.251 e. The molecule has 0 aromatic heterocycles. The van der Waals surface area contributed by atoms with Crippen LogP contribution in [-0.2, 0) is 16.4 Å². The van der Waals surface area contributed by atoms with Crippen molar-refractivity contribution in [3.63, 3.8) is 0 Å². The van der Waals surface area contributed by atoms with E-state index < -0.39 is 27.8 Å². The van der Waals surface area contributed by atoms with Gasteiger partial charge in [0.1, 0.15) is 17.5 Å². The summed E-state index contributed by atoms with van der Waals surface area (Å²) >= 11 is 0. The number of aryl methyl sites for hydroxylation is 1. The van der Waals surface area contributed by atoms with Gasteiger partial charge in [-0.1, -0.05) is 37.3 Å². The Labute approximate surface area is 231 Å². The van der Waals surface area contributed by atoms with E-state index in [1.165, 1.54) is 0 Å². The van der Waals surface area contributed by atoms with Crippen LogP contribution in [-0.4, -0.2) is 51.3 Å². The van der Waals surface area contributed by atoms with Crippen molar-refractivity contribution < 1.29 is 23.1 Å². The van der Waals surface area contributed by atoms with Gasteiger partial charge < -0.3 is 20.1 Å². The van der Waals surface area contributed by atoms with Crippen molar-refractivity contribution in [3.8, 4) is 5.75 Å². The molecule has 9 heteroatoms. The number of ether oxygens (including phenoxy) is 1. The minimum Gasteiger partial charge on any atom is -0.485 e. The van der Waals surface area contributed by atoms with Crippen LogP contribution in [0.4, 0.5) is 5.69 Å². The van der Waals surface area contributed by atoms with Crippen LogP contribution < -0.4 is 19.7 Å². The van der Waals surface area contributed by atoms with Gasteiger partial charge in [-0.25, -0.2) is 13.1 Å². The summed E-state index contributed by atoms with van der Waals surface area (Å²) in [7, 11) is -1.96. The number of amides is 1. The Morgan fingerprint density at radius 1 is 1.05 bits per heavy atom. The zero-order valence-corrected chi connectivity index (χ0v) is 23.7. The van der Waals surface area contributed by atoms with Gasteiger partial charge in [0, 0.05) is 37.0 Å². The number of para-hydroxylation sites is 1. The van der Waals surface area contributed by atoms with Gasteiger partial charge in [0.25, 0.3) is 5.91 Å². The third-order valence-corrected chi connectivity index (χ3v) is 8.54. The van der Waals surface area contributed by atoms with E-state index in [2.05, 4.69) is 14.9 Å². The first-order chi connectivity index (χ1) is 18.5. The molecule has 0 saturated heterocycles. The number of carbonyl (C=O) groups excluding carboxylic acids is 1. The highest BCUT2D eigenvalue weighted by Gasteiger charge is 2.44. The van der Waals surface area contributed by atoms with Gasteiger partial charge in [0.15, 0.2) is 0 Å². The first-order valence-electron chi connectivity index (χ1n) is 13.2. The van der Waals surface area contributed by atoms with Crippen molar-refractivity contribution in [2.75, 3.05) is 25.0 Å². The molecule has 0 aliphatic carbocycles. The highest BCUT2D eigenvalue weighted by atomic mass is 32.2. The average Bonchev–Trinajstić information content (AvgIpc) is 2.93. The predicted octanol–water partition coefficient (Wildman–Crippen LogP) is 4.06. The van der Waals surface area contributed by atoms with Crippen molar-refractivity contribution in [1.29, 1.82) is 0 Å². The van der Waals surface area contributed by atoms with Crippen molar-refractivity contribution in [3.05, 3.63) is 89.5 Å². The number of sulfonamides is 1. The lowest BCUT2D eigenvalue weighted by atomic mass is 9.86. The number of carbonyl (C=O) groups is 1. The van der Waals surface area contributed by atoms with Gasteiger partial charge in [-0.3, -0.25) is 4.79 Å². The Balaban J connectivity index is 1.49. The number of benzene rings is 3. The van der Waals surface area contributed by atoms with E-state index >= 15 is 0 Å². The fraction of sp³-hybridized carbons (Fsp3) is 0.367. The number of rotatable bonds is 10. The molecule has 208 valence electrons. The van der Waals surface area contributed by atoms with E-state index in [9.17, 15) is 18.3 Å². The second kappa shape index (κ2) is 11.8. The number of nitrogens with one attached hydrogen (secondary N) is 2. The van der Waals surface area contributed by atoms with E-state index in [1.54, 1.807) is 56.3 Å². The lowest BCUT2D eigenvalue weighted by Crippen LogP contribution is -2.53. The summed E-state index contributed by atoms with van der Waals surface area (Å²) < 4.78 is 35.2. The fourth-order valence-electron chi connectivity index (χ4n) is 4.64. The number of fused-ring (bicyclic) bond motifs is 1. The number of aliphatic hydroxyl groups is 1. The first kappa shape index (κ1) is 28.6. The molecular formula is C30H37N3O5S. The molecule has 0 unspecified atom stereocenters. The predicted molar refractivity (Wildman–Crippen MR) is 153 cm³/mol. The quantitative estimate of drug-likeness (QED) is 0.328. The van der Waals surface area contributed by atoms with E-state index in [4.69, 9.17) is 4.74 Å². The molecule has 0 saturated carbocycles. The Morgan fingerprint density at radius 2 is 1.74 bits per heavy atom. The minimum atomic E-state index is -3.96. The molecule has 0 radical (unpaired) electrons. The molecular weight excluding hydrogens is 514 g/mol. The SMILES string of the molecule is CCc1ccc(S(=O)(=O)N[C@@H]2c3cc(C(=O)NCCCN(C)c4ccccc4)ccc3OC(C)(C)[C@H]2O)cc1. The number of aliphatic hydroxyl groups excluding tert-OH is 1. The van der Waals surface area contributed by atoms with E-state index in [0.29, 0.717) is 23.4 Å². The molecule has 1 amide bonds. The normalized spacial score (nSPS) is 18.1. The van der Waals surface area contributed by atoms with Gasteiger partial charge in [0.05, 0.1) is 10.9 Å². The molecule has 3 N–H and O–H groups in total. The molecule has 1 aliphatic heterocycles. The number of hydrogen-bond donors (Lipinski definition) is 3. The van der Waals surface area contributed by atoms with Crippen molar-refractivity contribution >= 4 is 21.6 Å². The number of nitrogens with zero attached hydrogens (tertiary/aromatic N) is 1. The first-order valence-corrected chi connectivity index (χ1v) is 14.7. The third-order valence-electron chi connectivity index (χ3n) is 7.08. The van der Waals surface area contributed by atoms with Crippen molar-refractivity contribution in [1.82, 2.24) is 10.0 Å². The third kappa shape index (κ3) is 6.61. The zero-order chi connectivity index (χ0) is 28.2. The average molecular weight is 552 g/mol. The van der Waals surface area contributed by atoms with E-state index in [-0.39, 0.29) is 10.8 Å². The van der Waals surface area contributed by atoms with Gasteiger partial charge in [-0.2, -0.15) is 0 Å².